The van der Waals surface area contributed by atoms with E-state index in [1.54, 1.807) is 18.2 Å². The van der Waals surface area contributed by atoms with Crippen LogP contribution in [0.1, 0.15) is 42.6 Å². The summed E-state index contributed by atoms with van der Waals surface area (Å²) in [4.78, 5) is 14.6. The summed E-state index contributed by atoms with van der Waals surface area (Å²) in [5.74, 6) is 6.19. The number of hydrogen-bond donors (Lipinski definition) is 1. The summed E-state index contributed by atoms with van der Waals surface area (Å²) in [5, 5.41) is 0.502. The molecule has 0 spiro atoms. The van der Waals surface area contributed by atoms with Crippen LogP contribution < -0.4 is 5.73 Å². The quantitative estimate of drug-likeness (QED) is 0.869. The third-order valence-electron chi connectivity index (χ3n) is 3.35. The average molecular weight is 305 g/mol. The van der Waals surface area contributed by atoms with Crippen LogP contribution >= 0.6 is 11.6 Å². The maximum atomic E-state index is 12.7. The third-order valence-corrected chi connectivity index (χ3v) is 3.66. The maximum absolute atomic E-state index is 12.7. The van der Waals surface area contributed by atoms with Crippen molar-refractivity contribution in [2.75, 3.05) is 13.1 Å². The van der Waals surface area contributed by atoms with Crippen LogP contribution in [0.5, 0.6) is 0 Å². The van der Waals surface area contributed by atoms with Crippen LogP contribution in [-0.2, 0) is 0 Å². The minimum Gasteiger partial charge on any atom is -0.335 e. The topological polar surface area (TPSA) is 46.3 Å². The van der Waals surface area contributed by atoms with Gasteiger partial charge in [0.25, 0.3) is 5.91 Å². The van der Waals surface area contributed by atoms with E-state index in [-0.39, 0.29) is 5.91 Å². The van der Waals surface area contributed by atoms with Crippen LogP contribution in [0, 0.1) is 17.8 Å². The molecule has 1 amide bonds. The number of carbonyl (C=O) groups excluding carboxylic acids is 1. The Morgan fingerprint density at radius 2 is 2.19 bits per heavy atom. The smallest absolute Gasteiger partial charge is 0.254 e. The fourth-order valence-corrected chi connectivity index (χ4v) is 2.47. The van der Waals surface area contributed by atoms with Crippen molar-refractivity contribution < 1.29 is 4.79 Å². The van der Waals surface area contributed by atoms with Gasteiger partial charge in [-0.15, -0.1) is 0 Å². The number of halogens is 1. The number of carbonyl (C=O) groups is 1. The number of hydrogen-bond acceptors (Lipinski definition) is 2. The highest BCUT2D eigenvalue weighted by molar-refractivity contribution is 6.32. The van der Waals surface area contributed by atoms with Gasteiger partial charge >= 0.3 is 0 Å². The molecule has 0 heterocycles. The van der Waals surface area contributed by atoms with Crippen molar-refractivity contribution in [1.29, 1.82) is 0 Å². The highest BCUT2D eigenvalue weighted by atomic mass is 35.5. The van der Waals surface area contributed by atoms with E-state index in [4.69, 9.17) is 17.3 Å². The molecule has 2 rings (SSSR count). The molecule has 0 aromatic heterocycles. The first-order valence-electron chi connectivity index (χ1n) is 7.32. The average Bonchev–Trinajstić information content (AvgIpc) is 3.27. The lowest BCUT2D eigenvalue weighted by Crippen LogP contribution is -2.36. The Morgan fingerprint density at radius 3 is 2.71 bits per heavy atom. The van der Waals surface area contributed by atoms with Gasteiger partial charge in [0.1, 0.15) is 0 Å². The molecule has 0 atom stereocenters. The van der Waals surface area contributed by atoms with Crippen LogP contribution in [0.2, 0.25) is 5.02 Å². The number of nitrogens with zero attached hydrogens (tertiary/aromatic N) is 1. The van der Waals surface area contributed by atoms with Gasteiger partial charge < -0.3 is 10.6 Å². The first-order chi connectivity index (χ1) is 10.0. The Morgan fingerprint density at radius 1 is 1.48 bits per heavy atom. The zero-order valence-electron chi connectivity index (χ0n) is 12.5. The van der Waals surface area contributed by atoms with Crippen LogP contribution in [0.25, 0.3) is 0 Å². The van der Waals surface area contributed by atoms with Crippen molar-refractivity contribution in [2.24, 2.45) is 11.7 Å². The monoisotopic (exact) mass is 304 g/mol. The van der Waals surface area contributed by atoms with Crippen molar-refractivity contribution in [3.63, 3.8) is 0 Å². The standard InChI is InChI=1S/C17H21ClN2O/c1-12(2)11-20(15-7-8-15)17(21)14-6-5-13(4-3-9-19)16(18)10-14/h5-6,10,12,15H,7-9,11,19H2,1-2H3. The fraction of sp³-hybridized carbons (Fsp3) is 0.471. The molecule has 3 nitrogen and oxygen atoms in total. The summed E-state index contributed by atoms with van der Waals surface area (Å²) in [6.07, 6.45) is 2.21. The summed E-state index contributed by atoms with van der Waals surface area (Å²) in [6, 6.07) is 5.69. The van der Waals surface area contributed by atoms with Crippen molar-refractivity contribution in [3.05, 3.63) is 34.3 Å². The van der Waals surface area contributed by atoms with Crippen molar-refractivity contribution in [1.82, 2.24) is 4.90 Å². The van der Waals surface area contributed by atoms with E-state index in [2.05, 4.69) is 25.7 Å². The first kappa shape index (κ1) is 15.9. The Bertz CT molecular complexity index is 582. The Labute approximate surface area is 131 Å². The van der Waals surface area contributed by atoms with E-state index in [9.17, 15) is 4.79 Å². The van der Waals surface area contributed by atoms with E-state index in [0.717, 1.165) is 19.4 Å². The Balaban J connectivity index is 2.20. The first-order valence-corrected chi connectivity index (χ1v) is 7.70. The number of amides is 1. The summed E-state index contributed by atoms with van der Waals surface area (Å²) in [7, 11) is 0. The summed E-state index contributed by atoms with van der Waals surface area (Å²) < 4.78 is 0. The van der Waals surface area contributed by atoms with Crippen LogP contribution in [0.15, 0.2) is 18.2 Å². The highest BCUT2D eigenvalue weighted by Crippen LogP contribution is 2.29. The summed E-state index contributed by atoms with van der Waals surface area (Å²) in [6.45, 7) is 5.33. The molecule has 4 heteroatoms. The lowest BCUT2D eigenvalue weighted by atomic mass is 10.1. The second kappa shape index (κ2) is 6.98. The van der Waals surface area contributed by atoms with Crippen molar-refractivity contribution in [3.8, 4) is 11.8 Å². The molecule has 1 aliphatic carbocycles. The van der Waals surface area contributed by atoms with Gasteiger partial charge in [0, 0.05) is 23.7 Å². The number of benzene rings is 1. The number of rotatable bonds is 4. The number of nitrogens with two attached hydrogens (primary N) is 1. The molecular weight excluding hydrogens is 284 g/mol. The molecule has 1 aromatic rings. The van der Waals surface area contributed by atoms with Crippen LogP contribution in [0.4, 0.5) is 0 Å². The van der Waals surface area contributed by atoms with Gasteiger partial charge in [-0.2, -0.15) is 0 Å². The molecule has 1 saturated carbocycles. The molecule has 1 fully saturated rings. The lowest BCUT2D eigenvalue weighted by molar-refractivity contribution is 0.0722. The third kappa shape index (κ3) is 4.23. The fourth-order valence-electron chi connectivity index (χ4n) is 2.24. The summed E-state index contributed by atoms with van der Waals surface area (Å²) in [5.41, 5.74) is 6.69. The molecule has 0 radical (unpaired) electrons. The normalized spacial score (nSPS) is 13.8. The van der Waals surface area contributed by atoms with Crippen LogP contribution in [-0.4, -0.2) is 29.9 Å². The zero-order chi connectivity index (χ0) is 15.4. The molecule has 1 aromatic carbocycles. The molecule has 112 valence electrons. The molecule has 0 bridgehead atoms. The van der Waals surface area contributed by atoms with Crippen molar-refractivity contribution >= 4 is 17.5 Å². The van der Waals surface area contributed by atoms with Crippen molar-refractivity contribution in [2.45, 2.75) is 32.7 Å². The Kier molecular flexibility index (Phi) is 5.27. The molecule has 2 N–H and O–H groups in total. The lowest BCUT2D eigenvalue weighted by Gasteiger charge is -2.24. The maximum Gasteiger partial charge on any atom is 0.254 e. The minimum absolute atomic E-state index is 0.0615. The van der Waals surface area contributed by atoms with Crippen LogP contribution in [0.3, 0.4) is 0 Å². The van der Waals surface area contributed by atoms with E-state index in [1.807, 2.05) is 4.90 Å². The van der Waals surface area contributed by atoms with Gasteiger partial charge in [0.05, 0.1) is 11.6 Å². The predicted molar refractivity (Wildman–Crippen MR) is 86.3 cm³/mol. The summed E-state index contributed by atoms with van der Waals surface area (Å²) >= 11 is 6.20. The zero-order valence-corrected chi connectivity index (χ0v) is 13.3. The molecular formula is C17H21ClN2O. The molecule has 21 heavy (non-hydrogen) atoms. The SMILES string of the molecule is CC(C)CN(C(=O)c1ccc(C#CCN)c(Cl)c1)C1CC1. The van der Waals surface area contributed by atoms with Gasteiger partial charge in [-0.3, -0.25) is 4.79 Å². The molecule has 0 saturated heterocycles. The molecule has 0 unspecified atom stereocenters. The van der Waals surface area contributed by atoms with Gasteiger partial charge in [-0.1, -0.05) is 37.3 Å². The second-order valence-electron chi connectivity index (χ2n) is 5.78. The van der Waals surface area contributed by atoms with Gasteiger partial charge in [-0.25, -0.2) is 0 Å². The Hall–Kier alpha value is -1.50. The van der Waals surface area contributed by atoms with E-state index in [1.165, 1.54) is 0 Å². The largest absolute Gasteiger partial charge is 0.335 e. The van der Waals surface area contributed by atoms with Gasteiger partial charge in [0.15, 0.2) is 0 Å². The van der Waals surface area contributed by atoms with E-state index < -0.39 is 0 Å². The highest BCUT2D eigenvalue weighted by Gasteiger charge is 2.33. The second-order valence-corrected chi connectivity index (χ2v) is 6.19. The van der Waals surface area contributed by atoms with E-state index in [0.29, 0.717) is 34.7 Å². The van der Waals surface area contributed by atoms with E-state index >= 15 is 0 Å². The minimum atomic E-state index is 0.0615. The molecule has 1 aliphatic rings. The molecule has 0 aliphatic heterocycles. The van der Waals surface area contributed by atoms with Gasteiger partial charge in [-0.05, 0) is 37.0 Å². The van der Waals surface area contributed by atoms with Gasteiger partial charge in [0.2, 0.25) is 0 Å². The predicted octanol–water partition coefficient (Wildman–Crippen LogP) is 2.91.